The molecule has 0 spiro atoms. The number of benzene rings is 2. The first kappa shape index (κ1) is 24.9. The first-order chi connectivity index (χ1) is 17.5. The van der Waals surface area contributed by atoms with E-state index < -0.39 is 0 Å². The lowest BCUT2D eigenvalue weighted by molar-refractivity contribution is 0.0954. The molecule has 0 atom stereocenters. The van der Waals surface area contributed by atoms with E-state index in [4.69, 9.17) is 0 Å². The molecule has 0 bridgehead atoms. The van der Waals surface area contributed by atoms with Gasteiger partial charge in [0.25, 0.3) is 5.91 Å². The van der Waals surface area contributed by atoms with Crippen molar-refractivity contribution in [3.8, 4) is 17.3 Å². The summed E-state index contributed by atoms with van der Waals surface area (Å²) in [7, 11) is 4.15. The average Bonchev–Trinajstić information content (AvgIpc) is 3.31. The van der Waals surface area contributed by atoms with E-state index in [0.29, 0.717) is 30.0 Å². The van der Waals surface area contributed by atoms with Gasteiger partial charge in [-0.25, -0.2) is 9.97 Å². The number of carbonyl (C=O) groups excluding carboxylic acids is 1. The summed E-state index contributed by atoms with van der Waals surface area (Å²) < 4.78 is 0. The fourth-order valence-corrected chi connectivity index (χ4v) is 3.99. The van der Waals surface area contributed by atoms with Crippen LogP contribution in [-0.2, 0) is 6.42 Å². The first-order valence-electron chi connectivity index (χ1n) is 12.1. The third-order valence-electron chi connectivity index (χ3n) is 5.98. The highest BCUT2D eigenvalue weighted by atomic mass is 16.1. The van der Waals surface area contributed by atoms with Crippen molar-refractivity contribution < 1.29 is 4.79 Å². The van der Waals surface area contributed by atoms with Crippen molar-refractivity contribution in [3.63, 3.8) is 0 Å². The van der Waals surface area contributed by atoms with Crippen molar-refractivity contribution in [2.24, 2.45) is 0 Å². The summed E-state index contributed by atoms with van der Waals surface area (Å²) in [5.74, 6) is 0.489. The standard InChI is InChI=1S/C28H31N7O/c1-35(2)16-4-3-13-31-28-32-15-12-25(34-28)21-6-8-22(9-7-21)27(36)30-14-11-20-5-10-26-24(17-20)23(18-29)19-33-26/h5-10,12,15,17,19,33H,3-4,11,13-14,16H2,1-2H3,(H,30,36)(H,31,32,34). The number of amides is 1. The summed E-state index contributed by atoms with van der Waals surface area (Å²) in [4.78, 5) is 26.8. The van der Waals surface area contributed by atoms with Gasteiger partial charge in [-0.2, -0.15) is 5.26 Å². The SMILES string of the molecule is CN(C)CCCCNc1nccc(-c2ccc(C(=O)NCCc3ccc4[nH]cc(C#N)c4c3)cc2)n1. The number of nitrogens with one attached hydrogen (secondary N) is 3. The Labute approximate surface area is 211 Å². The Morgan fingerprint density at radius 1 is 1.08 bits per heavy atom. The molecule has 4 rings (SSSR count). The molecule has 2 aromatic heterocycles. The zero-order valence-corrected chi connectivity index (χ0v) is 20.7. The first-order valence-corrected chi connectivity index (χ1v) is 12.1. The minimum absolute atomic E-state index is 0.121. The molecule has 2 heterocycles. The minimum Gasteiger partial charge on any atom is -0.360 e. The Morgan fingerprint density at radius 3 is 2.69 bits per heavy atom. The van der Waals surface area contributed by atoms with Gasteiger partial charge in [0.15, 0.2) is 0 Å². The highest BCUT2D eigenvalue weighted by molar-refractivity contribution is 5.94. The summed E-state index contributed by atoms with van der Waals surface area (Å²) in [6.07, 6.45) is 6.31. The Balaban J connectivity index is 1.29. The molecule has 184 valence electrons. The quantitative estimate of drug-likeness (QED) is 0.277. The van der Waals surface area contributed by atoms with Crippen LogP contribution < -0.4 is 10.6 Å². The van der Waals surface area contributed by atoms with Crippen LogP contribution in [0, 0.1) is 11.3 Å². The van der Waals surface area contributed by atoms with Crippen LogP contribution in [0.1, 0.15) is 34.3 Å². The molecule has 0 aliphatic carbocycles. The van der Waals surface area contributed by atoms with Crippen molar-refractivity contribution in [2.45, 2.75) is 19.3 Å². The molecular weight excluding hydrogens is 450 g/mol. The van der Waals surface area contributed by atoms with Crippen molar-refractivity contribution in [1.29, 1.82) is 5.26 Å². The lowest BCUT2D eigenvalue weighted by atomic mass is 10.1. The van der Waals surface area contributed by atoms with Gasteiger partial charge in [0.1, 0.15) is 6.07 Å². The molecule has 0 aliphatic heterocycles. The minimum atomic E-state index is -0.121. The number of unbranched alkanes of at least 4 members (excludes halogenated alkanes) is 1. The van der Waals surface area contributed by atoms with Gasteiger partial charge in [-0.1, -0.05) is 18.2 Å². The van der Waals surface area contributed by atoms with Crippen LogP contribution in [-0.4, -0.2) is 59.5 Å². The Hall–Kier alpha value is -4.22. The number of anilines is 1. The lowest BCUT2D eigenvalue weighted by Gasteiger charge is -2.10. The molecule has 0 radical (unpaired) electrons. The Bertz CT molecular complexity index is 1350. The molecule has 0 saturated heterocycles. The maximum absolute atomic E-state index is 12.6. The highest BCUT2D eigenvalue weighted by Crippen LogP contribution is 2.20. The molecule has 8 heteroatoms. The maximum atomic E-state index is 12.6. The predicted molar refractivity (Wildman–Crippen MR) is 143 cm³/mol. The van der Waals surface area contributed by atoms with E-state index >= 15 is 0 Å². The van der Waals surface area contributed by atoms with E-state index in [-0.39, 0.29) is 5.91 Å². The van der Waals surface area contributed by atoms with Gasteiger partial charge in [0.2, 0.25) is 5.95 Å². The number of nitriles is 1. The molecule has 8 nitrogen and oxygen atoms in total. The number of hydrogen-bond acceptors (Lipinski definition) is 6. The smallest absolute Gasteiger partial charge is 0.251 e. The van der Waals surface area contributed by atoms with E-state index in [1.165, 1.54) is 0 Å². The molecule has 2 aromatic carbocycles. The number of aromatic amines is 1. The molecule has 0 saturated carbocycles. The van der Waals surface area contributed by atoms with Crippen LogP contribution in [0.4, 0.5) is 5.95 Å². The van der Waals surface area contributed by atoms with Gasteiger partial charge in [0, 0.05) is 47.5 Å². The van der Waals surface area contributed by atoms with Gasteiger partial charge < -0.3 is 20.5 Å². The van der Waals surface area contributed by atoms with Crippen molar-refractivity contribution in [2.75, 3.05) is 39.0 Å². The fraction of sp³-hybridized carbons (Fsp3) is 0.286. The van der Waals surface area contributed by atoms with Crippen molar-refractivity contribution >= 4 is 22.8 Å². The van der Waals surface area contributed by atoms with Gasteiger partial charge in [-0.15, -0.1) is 0 Å². The number of nitrogens with zero attached hydrogens (tertiary/aromatic N) is 4. The van der Waals surface area contributed by atoms with Crippen molar-refractivity contribution in [3.05, 3.63) is 77.6 Å². The second-order valence-corrected chi connectivity index (χ2v) is 8.98. The summed E-state index contributed by atoms with van der Waals surface area (Å²) in [6, 6.07) is 17.5. The second-order valence-electron chi connectivity index (χ2n) is 8.98. The summed E-state index contributed by atoms with van der Waals surface area (Å²) in [5.41, 5.74) is 4.97. The van der Waals surface area contributed by atoms with Gasteiger partial charge >= 0.3 is 0 Å². The second kappa shape index (κ2) is 12.0. The van der Waals surface area contributed by atoms with Crippen LogP contribution in [0.2, 0.25) is 0 Å². The summed E-state index contributed by atoms with van der Waals surface area (Å²) >= 11 is 0. The normalized spacial score (nSPS) is 10.9. The molecule has 36 heavy (non-hydrogen) atoms. The van der Waals surface area contributed by atoms with Crippen LogP contribution in [0.5, 0.6) is 0 Å². The molecule has 4 aromatic rings. The molecule has 0 unspecified atom stereocenters. The number of H-pyrrole nitrogens is 1. The van der Waals surface area contributed by atoms with E-state index in [9.17, 15) is 10.1 Å². The van der Waals surface area contributed by atoms with Crippen LogP contribution in [0.25, 0.3) is 22.2 Å². The monoisotopic (exact) mass is 481 g/mol. The maximum Gasteiger partial charge on any atom is 0.251 e. The lowest BCUT2D eigenvalue weighted by Crippen LogP contribution is -2.25. The fourth-order valence-electron chi connectivity index (χ4n) is 3.99. The summed E-state index contributed by atoms with van der Waals surface area (Å²) in [6.45, 7) is 2.40. The molecular formula is C28H31N7O. The topological polar surface area (TPSA) is 110 Å². The third-order valence-corrected chi connectivity index (χ3v) is 5.98. The van der Waals surface area contributed by atoms with E-state index in [1.807, 2.05) is 48.5 Å². The molecule has 0 aliphatic rings. The molecule has 1 amide bonds. The van der Waals surface area contributed by atoms with E-state index in [2.05, 4.69) is 50.6 Å². The van der Waals surface area contributed by atoms with Gasteiger partial charge in [0.05, 0.1) is 11.3 Å². The van der Waals surface area contributed by atoms with Crippen LogP contribution in [0.3, 0.4) is 0 Å². The number of rotatable bonds is 11. The average molecular weight is 482 g/mol. The molecule has 3 N–H and O–H groups in total. The van der Waals surface area contributed by atoms with Gasteiger partial charge in [-0.3, -0.25) is 4.79 Å². The van der Waals surface area contributed by atoms with E-state index in [0.717, 1.165) is 53.7 Å². The largest absolute Gasteiger partial charge is 0.360 e. The number of fused-ring (bicyclic) bond motifs is 1. The van der Waals surface area contributed by atoms with Crippen molar-refractivity contribution in [1.82, 2.24) is 25.2 Å². The Kier molecular flexibility index (Phi) is 8.27. The van der Waals surface area contributed by atoms with Crippen LogP contribution in [0.15, 0.2) is 60.9 Å². The molecule has 0 fully saturated rings. The predicted octanol–water partition coefficient (Wildman–Crippen LogP) is 4.22. The number of carbonyl (C=O) groups is 1. The summed E-state index contributed by atoms with van der Waals surface area (Å²) in [5, 5.41) is 16.4. The van der Waals surface area contributed by atoms with Gasteiger partial charge in [-0.05, 0) is 75.8 Å². The number of aromatic nitrogens is 3. The zero-order chi connectivity index (χ0) is 25.3. The zero-order valence-electron chi connectivity index (χ0n) is 20.7. The Morgan fingerprint density at radius 2 is 1.92 bits per heavy atom. The van der Waals surface area contributed by atoms with E-state index in [1.54, 1.807) is 12.4 Å². The van der Waals surface area contributed by atoms with Crippen LogP contribution >= 0.6 is 0 Å². The highest BCUT2D eigenvalue weighted by Gasteiger charge is 2.08. The third kappa shape index (κ3) is 6.46. The number of hydrogen-bond donors (Lipinski definition) is 3.